The predicted molar refractivity (Wildman–Crippen MR) is 160 cm³/mol. The predicted octanol–water partition coefficient (Wildman–Crippen LogP) is 5.96. The Morgan fingerprint density at radius 3 is 2.49 bits per heavy atom. The number of alkyl halides is 3. The molecular formula is C31H40F3N5O2. The van der Waals surface area contributed by atoms with Crippen LogP contribution < -0.4 is 20.7 Å². The van der Waals surface area contributed by atoms with Gasteiger partial charge >= 0.3 is 6.18 Å². The number of piperidine rings is 1. The lowest BCUT2D eigenvalue weighted by molar-refractivity contribution is -0.140. The van der Waals surface area contributed by atoms with E-state index in [0.29, 0.717) is 34.8 Å². The van der Waals surface area contributed by atoms with Gasteiger partial charge in [0.2, 0.25) is 0 Å². The highest BCUT2D eigenvalue weighted by Crippen LogP contribution is 2.31. The molecule has 0 bridgehead atoms. The lowest BCUT2D eigenvalue weighted by Crippen LogP contribution is -2.36. The number of rotatable bonds is 8. The maximum atomic E-state index is 13.5. The molecule has 2 heterocycles. The van der Waals surface area contributed by atoms with E-state index in [2.05, 4.69) is 39.7 Å². The summed E-state index contributed by atoms with van der Waals surface area (Å²) < 4.78 is 47.2. The first-order valence-electron chi connectivity index (χ1n) is 14.0. The van der Waals surface area contributed by atoms with E-state index >= 15 is 0 Å². The zero-order valence-electron chi connectivity index (χ0n) is 24.4. The molecule has 1 aromatic heterocycles. The Balaban J connectivity index is 0.00000226. The molecule has 10 heteroatoms. The molecule has 0 aliphatic carbocycles. The van der Waals surface area contributed by atoms with E-state index in [-0.39, 0.29) is 18.5 Å². The molecule has 41 heavy (non-hydrogen) atoms. The number of likely N-dealkylation sites (tertiary alicyclic amines) is 1. The average molecular weight is 572 g/mol. The van der Waals surface area contributed by atoms with Crippen LogP contribution in [0.4, 0.5) is 24.5 Å². The number of fused-ring (bicyclic) bond motifs is 1. The van der Waals surface area contributed by atoms with E-state index in [1.807, 2.05) is 26.8 Å². The molecule has 0 atom stereocenters. The first kappa shape index (κ1) is 31.7. The van der Waals surface area contributed by atoms with Gasteiger partial charge in [-0.05, 0) is 82.2 Å². The number of nitrogens with one attached hydrogen (secondary N) is 3. The summed E-state index contributed by atoms with van der Waals surface area (Å²) in [6, 6.07) is 12.4. The van der Waals surface area contributed by atoms with E-state index in [9.17, 15) is 18.0 Å². The number of amides is 1. The number of hydrogen-bond donors (Lipinski definition) is 3. The Hall–Kier alpha value is -3.84. The number of anilines is 2. The second kappa shape index (κ2) is 14.7. The Kier molecular flexibility index (Phi) is 11.4. The molecule has 0 radical (unpaired) electrons. The van der Waals surface area contributed by atoms with Gasteiger partial charge in [-0.3, -0.25) is 4.79 Å². The minimum atomic E-state index is -4.39. The zero-order valence-corrected chi connectivity index (χ0v) is 24.4. The van der Waals surface area contributed by atoms with Gasteiger partial charge in [0, 0.05) is 29.2 Å². The van der Waals surface area contributed by atoms with Crippen molar-refractivity contribution < 1.29 is 22.7 Å². The molecule has 3 aromatic rings. The van der Waals surface area contributed by atoms with Gasteiger partial charge in [0.25, 0.3) is 5.91 Å². The van der Waals surface area contributed by atoms with Gasteiger partial charge in [-0.2, -0.15) is 13.2 Å². The zero-order chi connectivity index (χ0) is 30.0. The number of halogens is 3. The highest BCUT2D eigenvalue weighted by atomic mass is 19.4. The van der Waals surface area contributed by atoms with Crippen LogP contribution in [0.15, 0.2) is 42.5 Å². The topological polar surface area (TPSA) is 70.6 Å². The third-order valence-corrected chi connectivity index (χ3v) is 6.75. The fourth-order valence-electron chi connectivity index (χ4n) is 4.75. The van der Waals surface area contributed by atoms with Gasteiger partial charge in [0.15, 0.2) is 0 Å². The molecule has 1 saturated heterocycles. The Bertz CT molecular complexity index is 1370. The lowest BCUT2D eigenvalue weighted by atomic mass is 10.0. The van der Waals surface area contributed by atoms with E-state index < -0.39 is 12.7 Å². The molecule has 3 N–H and O–H groups in total. The Morgan fingerprint density at radius 1 is 1.10 bits per heavy atom. The van der Waals surface area contributed by atoms with Crippen molar-refractivity contribution in [3.05, 3.63) is 53.7 Å². The smallest absolute Gasteiger partial charge is 0.406 e. The van der Waals surface area contributed by atoms with Gasteiger partial charge < -0.3 is 30.2 Å². The molecule has 7 nitrogen and oxygen atoms in total. The van der Waals surface area contributed by atoms with Crippen LogP contribution in [0.2, 0.25) is 0 Å². The standard InChI is InChI=1S/C29H34F3N5O2.C2H6/c1-4-33-28(38)20-10-11-25(27(17-20)39-3)34-14-6-7-22-18-23-24(35-21-12-15-36(2)16-13-21)8-5-9-26(23)37(22)19-29(30,31)32;1-2/h5,8-11,17-18,21,34-35H,4,12-16,19H2,1-3H3,(H,33,38);1-2H3. The van der Waals surface area contributed by atoms with Crippen LogP contribution in [-0.4, -0.2) is 67.9 Å². The maximum absolute atomic E-state index is 13.5. The summed E-state index contributed by atoms with van der Waals surface area (Å²) in [6.07, 6.45) is -2.44. The molecule has 1 fully saturated rings. The fraction of sp³-hybridized carbons (Fsp3) is 0.452. The van der Waals surface area contributed by atoms with Crippen LogP contribution in [0.5, 0.6) is 5.75 Å². The second-order valence-electron chi connectivity index (χ2n) is 9.62. The molecule has 1 amide bonds. The van der Waals surface area contributed by atoms with Crippen molar-refractivity contribution in [1.82, 2.24) is 14.8 Å². The van der Waals surface area contributed by atoms with Crippen molar-refractivity contribution in [2.75, 3.05) is 51.0 Å². The molecule has 0 saturated carbocycles. The Labute approximate surface area is 240 Å². The largest absolute Gasteiger partial charge is 0.495 e. The first-order chi connectivity index (χ1) is 19.7. The van der Waals surface area contributed by atoms with Gasteiger partial charge in [0.05, 0.1) is 30.6 Å². The number of benzene rings is 2. The second-order valence-corrected chi connectivity index (χ2v) is 9.62. The molecule has 222 valence electrons. The van der Waals surface area contributed by atoms with Crippen LogP contribution in [0, 0.1) is 11.8 Å². The van der Waals surface area contributed by atoms with E-state index in [0.717, 1.165) is 37.0 Å². The quantitative estimate of drug-likeness (QED) is 0.291. The number of carbonyl (C=O) groups is 1. The number of hydrogen-bond acceptors (Lipinski definition) is 5. The fourth-order valence-corrected chi connectivity index (χ4v) is 4.75. The van der Waals surface area contributed by atoms with Crippen LogP contribution in [0.1, 0.15) is 49.7 Å². The summed E-state index contributed by atoms with van der Waals surface area (Å²) in [5.74, 6) is 6.13. The van der Waals surface area contributed by atoms with E-state index in [1.54, 1.807) is 36.4 Å². The van der Waals surface area contributed by atoms with Crippen molar-refractivity contribution in [1.29, 1.82) is 0 Å². The summed E-state index contributed by atoms with van der Waals surface area (Å²) in [5, 5.41) is 10.1. The molecule has 1 aliphatic rings. The molecular weight excluding hydrogens is 531 g/mol. The Morgan fingerprint density at radius 2 is 1.83 bits per heavy atom. The van der Waals surface area contributed by atoms with Gasteiger partial charge in [-0.25, -0.2) is 0 Å². The number of carbonyl (C=O) groups excluding carboxylic acids is 1. The van der Waals surface area contributed by atoms with Crippen molar-refractivity contribution in [2.24, 2.45) is 0 Å². The first-order valence-corrected chi connectivity index (χ1v) is 14.0. The number of nitrogens with zero attached hydrogens (tertiary/aromatic N) is 2. The highest BCUT2D eigenvalue weighted by molar-refractivity contribution is 5.95. The monoisotopic (exact) mass is 571 g/mol. The minimum absolute atomic E-state index is 0.172. The maximum Gasteiger partial charge on any atom is 0.406 e. The van der Waals surface area contributed by atoms with Crippen molar-refractivity contribution in [3.8, 4) is 17.6 Å². The third-order valence-electron chi connectivity index (χ3n) is 6.75. The highest BCUT2D eigenvalue weighted by Gasteiger charge is 2.30. The van der Waals surface area contributed by atoms with Gasteiger partial charge in [0.1, 0.15) is 12.3 Å². The molecule has 2 aromatic carbocycles. The molecule has 1 aliphatic heterocycles. The van der Waals surface area contributed by atoms with Gasteiger partial charge in [-0.1, -0.05) is 25.8 Å². The van der Waals surface area contributed by atoms with Crippen LogP contribution >= 0.6 is 0 Å². The SMILES string of the molecule is CC.CCNC(=O)c1ccc(NCC#Cc2cc3c(NC4CCN(C)CC4)cccc3n2CC(F)(F)F)c(OC)c1. The average Bonchev–Trinajstić information content (AvgIpc) is 3.30. The summed E-state index contributed by atoms with van der Waals surface area (Å²) in [4.78, 5) is 14.4. The minimum Gasteiger partial charge on any atom is -0.495 e. The van der Waals surface area contributed by atoms with E-state index in [1.165, 1.54) is 11.7 Å². The summed E-state index contributed by atoms with van der Waals surface area (Å²) in [5.41, 5.74) is 2.69. The molecule has 0 unspecified atom stereocenters. The van der Waals surface area contributed by atoms with Crippen molar-refractivity contribution in [2.45, 2.75) is 52.4 Å². The number of methoxy groups -OCH3 is 1. The lowest BCUT2D eigenvalue weighted by Gasteiger charge is -2.30. The summed E-state index contributed by atoms with van der Waals surface area (Å²) in [7, 11) is 3.59. The van der Waals surface area contributed by atoms with Crippen molar-refractivity contribution in [3.63, 3.8) is 0 Å². The normalized spacial score (nSPS) is 14.0. The van der Waals surface area contributed by atoms with Crippen LogP contribution in [-0.2, 0) is 6.54 Å². The van der Waals surface area contributed by atoms with Gasteiger partial charge in [-0.15, -0.1) is 0 Å². The van der Waals surface area contributed by atoms with Crippen molar-refractivity contribution >= 4 is 28.2 Å². The molecule has 4 rings (SSSR count). The van der Waals surface area contributed by atoms with E-state index in [4.69, 9.17) is 4.74 Å². The molecule has 0 spiro atoms. The summed E-state index contributed by atoms with van der Waals surface area (Å²) >= 11 is 0. The van der Waals surface area contributed by atoms with Crippen LogP contribution in [0.25, 0.3) is 10.9 Å². The number of ether oxygens (including phenoxy) is 1. The summed E-state index contributed by atoms with van der Waals surface area (Å²) in [6.45, 7) is 7.35. The number of aromatic nitrogens is 1. The third kappa shape index (κ3) is 8.57. The van der Waals surface area contributed by atoms with Crippen LogP contribution in [0.3, 0.4) is 0 Å².